The molecule has 0 bridgehead atoms. The molecule has 9 heteroatoms. The van der Waals surface area contributed by atoms with Crippen LogP contribution in [0, 0.1) is 45.3 Å². The number of carbonyl (C=O) groups excluding carboxylic acids is 1. The summed E-state index contributed by atoms with van der Waals surface area (Å²) in [7, 11) is 0. The Labute approximate surface area is 196 Å². The lowest BCUT2D eigenvalue weighted by Crippen LogP contribution is -2.50. The Morgan fingerprint density at radius 3 is 2.44 bits per heavy atom. The van der Waals surface area contributed by atoms with E-state index in [0.717, 1.165) is 0 Å². The number of benzene rings is 1. The number of rotatable bonds is 1. The lowest BCUT2D eigenvalue weighted by Gasteiger charge is -2.45. The van der Waals surface area contributed by atoms with Crippen molar-refractivity contribution in [3.8, 4) is 18.2 Å². The maximum absolute atomic E-state index is 12.8. The van der Waals surface area contributed by atoms with Gasteiger partial charge in [-0.05, 0) is 44.0 Å². The number of ether oxygens (including phenoxy) is 1. The number of hydrogen-bond acceptors (Lipinski definition) is 6. The molecule has 32 heavy (non-hydrogen) atoms. The Morgan fingerprint density at radius 2 is 1.91 bits per heavy atom. The molecule has 2 aliphatic rings. The Kier molecular flexibility index (Phi) is 6.16. The molecule has 2 unspecified atom stereocenters. The van der Waals surface area contributed by atoms with Gasteiger partial charge in [-0.25, -0.2) is 4.79 Å². The summed E-state index contributed by atoms with van der Waals surface area (Å²) >= 11 is 12.5. The van der Waals surface area contributed by atoms with Crippen LogP contribution in [0.5, 0.6) is 0 Å². The number of fused-ring (bicyclic) bond motifs is 1. The van der Waals surface area contributed by atoms with Crippen LogP contribution in [0.15, 0.2) is 41.1 Å². The van der Waals surface area contributed by atoms with Gasteiger partial charge in [-0.1, -0.05) is 35.3 Å². The first-order chi connectivity index (χ1) is 15.0. The van der Waals surface area contributed by atoms with Crippen LogP contribution in [-0.4, -0.2) is 29.7 Å². The van der Waals surface area contributed by atoms with Crippen molar-refractivity contribution in [2.45, 2.75) is 32.3 Å². The van der Waals surface area contributed by atoms with Crippen molar-refractivity contribution in [1.29, 1.82) is 15.8 Å². The summed E-state index contributed by atoms with van der Waals surface area (Å²) < 4.78 is 5.50. The van der Waals surface area contributed by atoms with E-state index in [4.69, 9.17) is 33.7 Å². The summed E-state index contributed by atoms with van der Waals surface area (Å²) in [4.78, 5) is 14.2. The molecule has 1 heterocycles. The Balaban J connectivity index is 2.23. The fourth-order valence-electron chi connectivity index (χ4n) is 4.25. The first-order valence-corrected chi connectivity index (χ1v) is 10.6. The number of carbonyl (C=O) groups is 1. The molecule has 3 rings (SSSR count). The first kappa shape index (κ1) is 23.5. The van der Waals surface area contributed by atoms with Gasteiger partial charge >= 0.3 is 6.09 Å². The molecule has 2 N–H and O–H groups in total. The smallest absolute Gasteiger partial charge is 0.410 e. The highest BCUT2D eigenvalue weighted by Gasteiger charge is 2.55. The molecule has 0 saturated carbocycles. The summed E-state index contributed by atoms with van der Waals surface area (Å²) in [5.74, 6) is -1.42. The van der Waals surface area contributed by atoms with Gasteiger partial charge in [-0.3, -0.25) is 0 Å². The summed E-state index contributed by atoms with van der Waals surface area (Å²) in [6.07, 6.45) is 1.19. The number of hydrogen-bond donors (Lipinski definition) is 1. The van der Waals surface area contributed by atoms with E-state index in [2.05, 4.69) is 0 Å². The van der Waals surface area contributed by atoms with Crippen LogP contribution in [0.1, 0.15) is 32.3 Å². The van der Waals surface area contributed by atoms with E-state index in [0.29, 0.717) is 16.2 Å². The van der Waals surface area contributed by atoms with Gasteiger partial charge in [0.15, 0.2) is 5.41 Å². The average Bonchev–Trinajstić information content (AvgIpc) is 2.72. The van der Waals surface area contributed by atoms with Crippen LogP contribution in [0.2, 0.25) is 10.0 Å². The fraction of sp³-hybridized carbons (Fsp3) is 0.391. The van der Waals surface area contributed by atoms with Gasteiger partial charge < -0.3 is 15.4 Å². The Bertz CT molecular complexity index is 1150. The van der Waals surface area contributed by atoms with Crippen molar-refractivity contribution in [3.63, 3.8) is 0 Å². The highest BCUT2D eigenvalue weighted by atomic mass is 35.5. The summed E-state index contributed by atoms with van der Waals surface area (Å²) in [6, 6.07) is 10.9. The van der Waals surface area contributed by atoms with Crippen LogP contribution in [0.4, 0.5) is 4.79 Å². The van der Waals surface area contributed by atoms with Gasteiger partial charge in [0.2, 0.25) is 0 Å². The second kappa shape index (κ2) is 8.40. The fourth-order valence-corrected chi connectivity index (χ4v) is 4.78. The number of amides is 1. The predicted octanol–water partition coefficient (Wildman–Crippen LogP) is 4.65. The van der Waals surface area contributed by atoms with E-state index in [-0.39, 0.29) is 29.4 Å². The lowest BCUT2D eigenvalue weighted by atomic mass is 9.58. The van der Waals surface area contributed by atoms with Crippen LogP contribution in [0.3, 0.4) is 0 Å². The second-order valence-corrected chi connectivity index (χ2v) is 9.57. The van der Waals surface area contributed by atoms with Crippen molar-refractivity contribution in [2.75, 3.05) is 13.1 Å². The molecule has 1 amide bonds. The number of nitriles is 3. The molecule has 1 aromatic rings. The van der Waals surface area contributed by atoms with E-state index in [1.54, 1.807) is 39.0 Å². The van der Waals surface area contributed by atoms with E-state index in [1.807, 2.05) is 18.2 Å². The first-order valence-electron chi connectivity index (χ1n) is 9.85. The van der Waals surface area contributed by atoms with Crippen molar-refractivity contribution < 1.29 is 9.53 Å². The Morgan fingerprint density at radius 1 is 1.25 bits per heavy atom. The van der Waals surface area contributed by atoms with E-state index < -0.39 is 28.9 Å². The minimum atomic E-state index is -1.86. The van der Waals surface area contributed by atoms with Gasteiger partial charge in [0.1, 0.15) is 11.7 Å². The summed E-state index contributed by atoms with van der Waals surface area (Å²) in [5.41, 5.74) is 4.76. The van der Waals surface area contributed by atoms with E-state index in [9.17, 15) is 20.6 Å². The number of halogens is 2. The van der Waals surface area contributed by atoms with Crippen molar-refractivity contribution in [1.82, 2.24) is 4.90 Å². The molecule has 2 atom stereocenters. The summed E-state index contributed by atoms with van der Waals surface area (Å²) in [5, 5.41) is 30.7. The predicted molar refractivity (Wildman–Crippen MR) is 119 cm³/mol. The number of nitrogens with two attached hydrogens (primary N) is 1. The van der Waals surface area contributed by atoms with Crippen LogP contribution >= 0.6 is 23.2 Å². The molecule has 7 nitrogen and oxygen atoms in total. The number of nitrogens with zero attached hydrogens (tertiary/aromatic N) is 4. The molecule has 1 aliphatic carbocycles. The quantitative estimate of drug-likeness (QED) is 0.636. The largest absolute Gasteiger partial charge is 0.444 e. The molecule has 0 fully saturated rings. The van der Waals surface area contributed by atoms with Crippen molar-refractivity contribution >= 4 is 29.3 Å². The van der Waals surface area contributed by atoms with Gasteiger partial charge in [0.05, 0.1) is 23.4 Å². The molecule has 0 aromatic heterocycles. The summed E-state index contributed by atoms with van der Waals surface area (Å²) in [6.45, 7) is 5.61. The molecule has 0 saturated heterocycles. The zero-order chi connectivity index (χ0) is 23.8. The third kappa shape index (κ3) is 3.89. The molecule has 0 radical (unpaired) electrons. The zero-order valence-electron chi connectivity index (χ0n) is 17.8. The molecule has 1 aromatic carbocycles. The van der Waals surface area contributed by atoms with Gasteiger partial charge in [-0.15, -0.1) is 0 Å². The van der Waals surface area contributed by atoms with E-state index >= 15 is 0 Å². The maximum Gasteiger partial charge on any atom is 0.410 e. The zero-order valence-corrected chi connectivity index (χ0v) is 19.3. The normalized spacial score (nSPS) is 22.1. The highest BCUT2D eigenvalue weighted by molar-refractivity contribution is 6.35. The monoisotopic (exact) mass is 469 g/mol. The minimum absolute atomic E-state index is 0.0864. The molecular formula is C23H21Cl2N5O2. The standard InChI is InChI=1S/C23H21Cl2N5O2/c1-22(2,3)32-21(31)30-7-6-14-16(9-26)20(29)23(11-27,12-28)19(17(14)10-30)15-5-4-13(24)8-18(15)25/h4-6,8,17,19H,7,10,29H2,1-3H3. The third-order valence-corrected chi connectivity index (χ3v) is 6.18. The van der Waals surface area contributed by atoms with Crippen LogP contribution in [0.25, 0.3) is 0 Å². The topological polar surface area (TPSA) is 127 Å². The van der Waals surface area contributed by atoms with Gasteiger partial charge in [0.25, 0.3) is 0 Å². The van der Waals surface area contributed by atoms with E-state index in [1.165, 1.54) is 11.0 Å². The molecule has 164 valence electrons. The SMILES string of the molecule is CC(C)(C)OC(=O)N1CC=C2C(C#N)=C(N)C(C#N)(C#N)C(c3ccc(Cl)cc3Cl)C2C1. The van der Waals surface area contributed by atoms with Crippen molar-refractivity contribution in [3.05, 3.63) is 56.7 Å². The highest BCUT2D eigenvalue weighted by Crippen LogP contribution is 2.55. The molecular weight excluding hydrogens is 449 g/mol. The number of allylic oxidation sites excluding steroid dienone is 2. The average molecular weight is 470 g/mol. The maximum atomic E-state index is 12.8. The van der Waals surface area contributed by atoms with Gasteiger partial charge in [0, 0.05) is 35.0 Å². The van der Waals surface area contributed by atoms with Crippen LogP contribution < -0.4 is 5.73 Å². The molecule has 0 spiro atoms. The lowest BCUT2D eigenvalue weighted by molar-refractivity contribution is 0.0225. The Hall–Kier alpha value is -3.18. The van der Waals surface area contributed by atoms with Gasteiger partial charge in [-0.2, -0.15) is 15.8 Å². The van der Waals surface area contributed by atoms with Crippen molar-refractivity contribution in [2.24, 2.45) is 17.1 Å². The van der Waals surface area contributed by atoms with Crippen LogP contribution in [-0.2, 0) is 4.74 Å². The third-order valence-electron chi connectivity index (χ3n) is 5.61. The minimum Gasteiger partial charge on any atom is -0.444 e. The molecule has 1 aliphatic heterocycles. The second-order valence-electron chi connectivity index (χ2n) is 8.73.